The van der Waals surface area contributed by atoms with Crippen molar-refractivity contribution in [1.29, 1.82) is 5.26 Å². The van der Waals surface area contributed by atoms with Crippen molar-refractivity contribution in [1.82, 2.24) is 9.78 Å². The molecule has 0 aliphatic rings. The summed E-state index contributed by atoms with van der Waals surface area (Å²) in [7, 11) is 1.62. The van der Waals surface area contributed by atoms with Gasteiger partial charge in [-0.05, 0) is 24.3 Å². The molecule has 7 nitrogen and oxygen atoms in total. The molecule has 0 radical (unpaired) electrons. The zero-order chi connectivity index (χ0) is 18.7. The third-order valence-corrected chi connectivity index (χ3v) is 4.26. The summed E-state index contributed by atoms with van der Waals surface area (Å²) in [6.07, 6.45) is 1.37. The highest BCUT2D eigenvalue weighted by Gasteiger charge is 2.16. The molecule has 0 saturated carbocycles. The van der Waals surface area contributed by atoms with Crippen molar-refractivity contribution in [3.8, 4) is 11.8 Å². The number of carbonyl (C=O) groups is 1. The molecule has 0 aliphatic heterocycles. The van der Waals surface area contributed by atoms with E-state index in [0.717, 1.165) is 0 Å². The van der Waals surface area contributed by atoms with Crippen molar-refractivity contribution < 1.29 is 13.9 Å². The molecule has 26 heavy (non-hydrogen) atoms. The molecule has 0 atom stereocenters. The van der Waals surface area contributed by atoms with E-state index in [2.05, 4.69) is 10.4 Å². The normalized spacial score (nSPS) is 10.4. The minimum absolute atomic E-state index is 0.0719. The molecule has 0 spiro atoms. The lowest BCUT2D eigenvalue weighted by Gasteiger charge is -2.07. The average Bonchev–Trinajstić information content (AvgIpc) is 3.24. The molecule has 0 saturated heterocycles. The number of nitriles is 1. The third kappa shape index (κ3) is 3.67. The van der Waals surface area contributed by atoms with Crippen LogP contribution in [0.1, 0.15) is 21.9 Å². The summed E-state index contributed by atoms with van der Waals surface area (Å²) < 4.78 is 12.4. The molecule has 9 heteroatoms. The second-order valence-corrected chi connectivity index (χ2v) is 5.99. The standard InChI is InChI=1S/C17H12Cl2N4O3/c1-23-16(10(7-20)8-21-23)22-17(24)14-6-5-11(26-14)9-25-13-4-2-3-12(18)15(13)19/h2-6,8H,9H2,1H3,(H,22,24). The van der Waals surface area contributed by atoms with Gasteiger partial charge in [-0.2, -0.15) is 10.4 Å². The Morgan fingerprint density at radius 3 is 2.96 bits per heavy atom. The molecule has 0 bridgehead atoms. The second kappa shape index (κ2) is 7.52. The Balaban J connectivity index is 1.68. The van der Waals surface area contributed by atoms with Crippen molar-refractivity contribution in [2.24, 2.45) is 7.05 Å². The Hall–Kier alpha value is -2.95. The Morgan fingerprint density at radius 1 is 1.38 bits per heavy atom. The predicted octanol–water partition coefficient (Wildman–Crippen LogP) is 4.02. The van der Waals surface area contributed by atoms with Gasteiger partial charge in [-0.3, -0.25) is 9.48 Å². The number of anilines is 1. The fourth-order valence-electron chi connectivity index (χ4n) is 2.16. The molecule has 0 unspecified atom stereocenters. The van der Waals surface area contributed by atoms with E-state index < -0.39 is 5.91 Å². The predicted molar refractivity (Wildman–Crippen MR) is 95.4 cm³/mol. The molecule has 2 aromatic heterocycles. The second-order valence-electron chi connectivity index (χ2n) is 5.20. The van der Waals surface area contributed by atoms with Crippen molar-refractivity contribution in [2.45, 2.75) is 6.61 Å². The smallest absolute Gasteiger partial charge is 0.292 e. The summed E-state index contributed by atoms with van der Waals surface area (Å²) in [6, 6.07) is 10.1. The largest absolute Gasteiger partial charge is 0.484 e. The lowest BCUT2D eigenvalue weighted by Crippen LogP contribution is -2.14. The van der Waals surface area contributed by atoms with Crippen molar-refractivity contribution in [2.75, 3.05) is 5.32 Å². The van der Waals surface area contributed by atoms with Crippen LogP contribution in [0.2, 0.25) is 10.0 Å². The van der Waals surface area contributed by atoms with Crippen LogP contribution in [-0.4, -0.2) is 15.7 Å². The summed E-state index contributed by atoms with van der Waals surface area (Å²) in [5, 5.41) is 16.2. The van der Waals surface area contributed by atoms with Crippen LogP contribution in [0.15, 0.2) is 40.9 Å². The van der Waals surface area contributed by atoms with Gasteiger partial charge in [0.05, 0.1) is 11.2 Å². The van der Waals surface area contributed by atoms with Crippen molar-refractivity contribution >= 4 is 34.9 Å². The number of carbonyl (C=O) groups excluding carboxylic acids is 1. The Bertz CT molecular complexity index is 1000. The molecular weight excluding hydrogens is 379 g/mol. The summed E-state index contributed by atoms with van der Waals surface area (Å²) in [6.45, 7) is 0.0719. The zero-order valence-corrected chi connectivity index (χ0v) is 15.0. The number of furan rings is 1. The first-order valence-electron chi connectivity index (χ1n) is 7.38. The number of ether oxygens (including phenoxy) is 1. The molecule has 2 heterocycles. The number of aromatic nitrogens is 2. The molecule has 0 fully saturated rings. The first-order valence-corrected chi connectivity index (χ1v) is 8.14. The number of benzene rings is 1. The number of hydrogen-bond acceptors (Lipinski definition) is 5. The molecule has 132 valence electrons. The fourth-order valence-corrected chi connectivity index (χ4v) is 2.51. The van der Waals surface area contributed by atoms with Gasteiger partial charge in [-0.1, -0.05) is 29.3 Å². The monoisotopic (exact) mass is 390 g/mol. The van der Waals surface area contributed by atoms with Crippen LogP contribution >= 0.6 is 23.2 Å². The van der Waals surface area contributed by atoms with Gasteiger partial charge in [0.15, 0.2) is 5.76 Å². The molecule has 0 aliphatic carbocycles. The molecule has 1 N–H and O–H groups in total. The average molecular weight is 391 g/mol. The SMILES string of the molecule is Cn1ncc(C#N)c1NC(=O)c1ccc(COc2cccc(Cl)c2Cl)o1. The quantitative estimate of drug-likeness (QED) is 0.709. The highest BCUT2D eigenvalue weighted by Crippen LogP contribution is 2.32. The Labute approximate surface area is 158 Å². The number of nitrogens with zero attached hydrogens (tertiary/aromatic N) is 3. The van der Waals surface area contributed by atoms with Crippen LogP contribution in [0.25, 0.3) is 0 Å². The summed E-state index contributed by atoms with van der Waals surface area (Å²) in [5.41, 5.74) is 0.256. The fraction of sp³-hybridized carbons (Fsp3) is 0.118. The topological polar surface area (TPSA) is 93.1 Å². The maximum absolute atomic E-state index is 12.3. The van der Waals surface area contributed by atoms with Gasteiger partial charge in [0.1, 0.15) is 40.6 Å². The lowest BCUT2D eigenvalue weighted by molar-refractivity contribution is 0.0991. The summed E-state index contributed by atoms with van der Waals surface area (Å²) in [5.74, 6) is 0.701. The van der Waals surface area contributed by atoms with E-state index in [4.69, 9.17) is 37.6 Å². The summed E-state index contributed by atoms with van der Waals surface area (Å²) in [4.78, 5) is 12.3. The van der Waals surface area contributed by atoms with E-state index in [0.29, 0.717) is 21.6 Å². The van der Waals surface area contributed by atoms with Gasteiger partial charge in [0.2, 0.25) is 0 Å². The van der Waals surface area contributed by atoms with Crippen molar-refractivity contribution in [3.63, 3.8) is 0 Å². The van der Waals surface area contributed by atoms with Gasteiger partial charge in [0.25, 0.3) is 5.91 Å². The molecular formula is C17H12Cl2N4O3. The first kappa shape index (κ1) is 17.9. The molecule has 3 aromatic rings. The van der Waals surface area contributed by atoms with Gasteiger partial charge in [0, 0.05) is 7.05 Å². The van der Waals surface area contributed by atoms with Gasteiger partial charge >= 0.3 is 0 Å². The Kier molecular flexibility index (Phi) is 5.16. The maximum Gasteiger partial charge on any atom is 0.292 e. The Morgan fingerprint density at radius 2 is 2.19 bits per heavy atom. The van der Waals surface area contributed by atoms with E-state index in [-0.39, 0.29) is 23.7 Å². The van der Waals surface area contributed by atoms with E-state index in [1.165, 1.54) is 16.9 Å². The van der Waals surface area contributed by atoms with E-state index >= 15 is 0 Å². The summed E-state index contributed by atoms with van der Waals surface area (Å²) >= 11 is 12.0. The number of halogens is 2. The molecule has 1 aromatic carbocycles. The third-order valence-electron chi connectivity index (χ3n) is 3.46. The number of hydrogen-bond donors (Lipinski definition) is 1. The van der Waals surface area contributed by atoms with Crippen LogP contribution in [-0.2, 0) is 13.7 Å². The van der Waals surface area contributed by atoms with Gasteiger partial charge in [-0.25, -0.2) is 0 Å². The minimum Gasteiger partial charge on any atom is -0.484 e. The lowest BCUT2D eigenvalue weighted by atomic mass is 10.3. The van der Waals surface area contributed by atoms with Gasteiger partial charge < -0.3 is 14.5 Å². The van der Waals surface area contributed by atoms with E-state index in [1.807, 2.05) is 6.07 Å². The van der Waals surface area contributed by atoms with Crippen molar-refractivity contribution in [3.05, 3.63) is 63.7 Å². The number of rotatable bonds is 5. The van der Waals surface area contributed by atoms with Crippen LogP contribution in [0.5, 0.6) is 5.75 Å². The van der Waals surface area contributed by atoms with Crippen LogP contribution in [0, 0.1) is 11.3 Å². The maximum atomic E-state index is 12.3. The zero-order valence-electron chi connectivity index (χ0n) is 13.5. The molecule has 1 amide bonds. The number of amides is 1. The highest BCUT2D eigenvalue weighted by molar-refractivity contribution is 6.42. The van der Waals surface area contributed by atoms with E-state index in [9.17, 15) is 4.79 Å². The van der Waals surface area contributed by atoms with Crippen LogP contribution < -0.4 is 10.1 Å². The molecule has 3 rings (SSSR count). The van der Waals surface area contributed by atoms with Crippen LogP contribution in [0.3, 0.4) is 0 Å². The van der Waals surface area contributed by atoms with Crippen LogP contribution in [0.4, 0.5) is 5.82 Å². The van der Waals surface area contributed by atoms with E-state index in [1.54, 1.807) is 31.3 Å². The van der Waals surface area contributed by atoms with Gasteiger partial charge in [-0.15, -0.1) is 0 Å². The number of aryl methyl sites for hydroxylation is 1. The number of nitrogens with one attached hydrogen (secondary N) is 1. The minimum atomic E-state index is -0.503. The highest BCUT2D eigenvalue weighted by atomic mass is 35.5. The first-order chi connectivity index (χ1) is 12.5.